The average Bonchev–Trinajstić information content (AvgIpc) is 3.34. The van der Waals surface area contributed by atoms with Crippen molar-refractivity contribution in [3.63, 3.8) is 0 Å². The first-order valence-electron chi connectivity index (χ1n) is 10.2. The van der Waals surface area contributed by atoms with Crippen LogP contribution in [0.25, 0.3) is 0 Å². The summed E-state index contributed by atoms with van der Waals surface area (Å²) in [6.07, 6.45) is 2.63. The Kier molecular flexibility index (Phi) is 6.10. The van der Waals surface area contributed by atoms with Gasteiger partial charge in [-0.15, -0.1) is 0 Å². The molecule has 2 aliphatic rings. The van der Waals surface area contributed by atoms with Gasteiger partial charge in [0.2, 0.25) is 15.9 Å². The lowest BCUT2D eigenvalue weighted by atomic mass is 9.97. The van der Waals surface area contributed by atoms with Crippen molar-refractivity contribution in [2.75, 3.05) is 39.3 Å². The molecular weight excluding hydrogens is 425 g/mol. The van der Waals surface area contributed by atoms with Gasteiger partial charge in [-0.2, -0.15) is 4.31 Å². The molecule has 0 radical (unpaired) electrons. The molecule has 2 aromatic rings. The zero-order chi connectivity index (χ0) is 22.0. The molecule has 4 rings (SSSR count). The second-order valence-corrected chi connectivity index (χ2v) is 9.69. The third-order valence-electron chi connectivity index (χ3n) is 5.80. The molecule has 0 N–H and O–H groups in total. The molecule has 1 aromatic carbocycles. The number of hydrogen-bond acceptors (Lipinski definition) is 5. The molecule has 0 spiro atoms. The number of amides is 2. The van der Waals surface area contributed by atoms with Crippen LogP contribution in [0.3, 0.4) is 0 Å². The molecule has 166 valence electrons. The quantitative estimate of drug-likeness (QED) is 0.710. The Morgan fingerprint density at radius 2 is 1.65 bits per heavy atom. The number of halogens is 1. The normalized spacial score (nSPS) is 20.6. The molecule has 2 aliphatic heterocycles. The highest BCUT2D eigenvalue weighted by Gasteiger charge is 2.36. The molecular formula is C21H24FN3O5S. The van der Waals surface area contributed by atoms with Crippen LogP contribution in [0, 0.1) is 11.7 Å². The number of carbonyl (C=O) groups excluding carboxylic acids is 2. The topological polar surface area (TPSA) is 91.1 Å². The van der Waals surface area contributed by atoms with Crippen LogP contribution in [0.2, 0.25) is 0 Å². The Hall–Kier alpha value is -2.72. The maximum atomic E-state index is 13.2. The number of nitrogens with zero attached hydrogens (tertiary/aromatic N) is 3. The lowest BCUT2D eigenvalue weighted by Crippen LogP contribution is -2.54. The minimum atomic E-state index is -3.79. The van der Waals surface area contributed by atoms with E-state index >= 15 is 0 Å². The first-order chi connectivity index (χ1) is 14.9. The van der Waals surface area contributed by atoms with E-state index in [0.717, 1.165) is 12.1 Å². The van der Waals surface area contributed by atoms with Crippen molar-refractivity contribution in [3.05, 3.63) is 54.2 Å². The molecule has 0 unspecified atom stereocenters. The van der Waals surface area contributed by atoms with Crippen LogP contribution in [0.1, 0.15) is 23.4 Å². The summed E-state index contributed by atoms with van der Waals surface area (Å²) in [5.74, 6) is -0.962. The van der Waals surface area contributed by atoms with E-state index in [1.165, 1.54) is 22.7 Å². The van der Waals surface area contributed by atoms with Gasteiger partial charge in [-0.3, -0.25) is 9.59 Å². The molecule has 2 amide bonds. The summed E-state index contributed by atoms with van der Waals surface area (Å²) in [6, 6.07) is 7.97. The Balaban J connectivity index is 1.37. The second-order valence-electron chi connectivity index (χ2n) is 7.75. The van der Waals surface area contributed by atoms with E-state index in [1.54, 1.807) is 21.9 Å². The van der Waals surface area contributed by atoms with Crippen LogP contribution in [0.4, 0.5) is 4.39 Å². The third kappa shape index (κ3) is 4.49. The predicted molar refractivity (Wildman–Crippen MR) is 109 cm³/mol. The van der Waals surface area contributed by atoms with Gasteiger partial charge in [0.05, 0.1) is 17.1 Å². The van der Waals surface area contributed by atoms with E-state index in [9.17, 15) is 22.4 Å². The number of benzene rings is 1. The van der Waals surface area contributed by atoms with Gasteiger partial charge in [0.25, 0.3) is 5.91 Å². The van der Waals surface area contributed by atoms with Crippen LogP contribution in [-0.2, 0) is 14.8 Å². The summed E-state index contributed by atoms with van der Waals surface area (Å²) in [6.45, 7) is 2.02. The maximum absolute atomic E-state index is 13.2. The zero-order valence-corrected chi connectivity index (χ0v) is 17.8. The summed E-state index contributed by atoms with van der Waals surface area (Å²) in [5.41, 5.74) is 0. The molecule has 3 heterocycles. The Bertz CT molecular complexity index is 1030. The summed E-state index contributed by atoms with van der Waals surface area (Å²) in [4.78, 5) is 28.8. The molecule has 8 nitrogen and oxygen atoms in total. The monoisotopic (exact) mass is 449 g/mol. The van der Waals surface area contributed by atoms with Gasteiger partial charge in [-0.25, -0.2) is 12.8 Å². The van der Waals surface area contributed by atoms with Gasteiger partial charge in [0, 0.05) is 39.3 Å². The summed E-state index contributed by atoms with van der Waals surface area (Å²) >= 11 is 0. The lowest BCUT2D eigenvalue weighted by Gasteiger charge is -2.38. The van der Waals surface area contributed by atoms with Crippen molar-refractivity contribution in [1.82, 2.24) is 14.1 Å². The summed E-state index contributed by atoms with van der Waals surface area (Å²) in [7, 11) is -3.79. The first-order valence-corrected chi connectivity index (χ1v) is 11.7. The van der Waals surface area contributed by atoms with E-state index in [4.69, 9.17) is 4.42 Å². The van der Waals surface area contributed by atoms with Gasteiger partial charge < -0.3 is 14.2 Å². The van der Waals surface area contributed by atoms with Crippen molar-refractivity contribution in [2.45, 2.75) is 17.7 Å². The Morgan fingerprint density at radius 1 is 0.968 bits per heavy atom. The molecule has 0 bridgehead atoms. The summed E-state index contributed by atoms with van der Waals surface area (Å²) in [5, 5.41) is 0. The highest BCUT2D eigenvalue weighted by Crippen LogP contribution is 2.25. The Morgan fingerprint density at radius 3 is 2.29 bits per heavy atom. The summed E-state index contributed by atoms with van der Waals surface area (Å²) < 4.78 is 45.4. The van der Waals surface area contributed by atoms with E-state index in [2.05, 4.69) is 0 Å². The number of sulfonamides is 1. The van der Waals surface area contributed by atoms with Crippen molar-refractivity contribution in [3.8, 4) is 0 Å². The van der Waals surface area contributed by atoms with Crippen molar-refractivity contribution in [1.29, 1.82) is 0 Å². The number of piperidine rings is 1. The standard InChI is InChI=1S/C21H24FN3O5S/c22-17-5-7-18(8-6-17)31(28,29)25-9-1-3-16(15-25)20(26)23-10-12-24(13-11-23)21(27)19-4-2-14-30-19/h2,4-8,14,16H,1,3,9-13,15H2/t16-/m1/s1. The van der Waals surface area contributed by atoms with E-state index in [1.807, 2.05) is 0 Å². The first kappa shape index (κ1) is 21.5. The molecule has 0 saturated carbocycles. The highest BCUT2D eigenvalue weighted by molar-refractivity contribution is 7.89. The SMILES string of the molecule is O=C(c1ccco1)N1CCN(C(=O)[C@@H]2CCCN(S(=O)(=O)c3ccc(F)cc3)C2)CC1. The molecule has 1 atom stereocenters. The number of hydrogen-bond donors (Lipinski definition) is 0. The van der Waals surface area contributed by atoms with Gasteiger partial charge in [0.15, 0.2) is 5.76 Å². The van der Waals surface area contributed by atoms with Crippen molar-refractivity contribution >= 4 is 21.8 Å². The molecule has 1 aromatic heterocycles. The van der Waals surface area contributed by atoms with E-state index < -0.39 is 21.8 Å². The second kappa shape index (κ2) is 8.80. The molecule has 2 fully saturated rings. The van der Waals surface area contributed by atoms with Crippen LogP contribution < -0.4 is 0 Å². The number of furan rings is 1. The number of piperazine rings is 1. The molecule has 31 heavy (non-hydrogen) atoms. The Labute approximate surface area is 180 Å². The highest BCUT2D eigenvalue weighted by atomic mass is 32.2. The van der Waals surface area contributed by atoms with Gasteiger partial charge in [-0.05, 0) is 49.2 Å². The van der Waals surface area contributed by atoms with Crippen LogP contribution in [0.15, 0.2) is 52.0 Å². The smallest absolute Gasteiger partial charge is 0.289 e. The van der Waals surface area contributed by atoms with Crippen molar-refractivity contribution < 1.29 is 26.8 Å². The number of rotatable bonds is 4. The predicted octanol–water partition coefficient (Wildman–Crippen LogP) is 1.80. The fourth-order valence-electron chi connectivity index (χ4n) is 4.06. The number of carbonyl (C=O) groups is 2. The fourth-order valence-corrected chi connectivity index (χ4v) is 5.59. The molecule has 2 saturated heterocycles. The van der Waals surface area contributed by atoms with Gasteiger partial charge in [0.1, 0.15) is 5.82 Å². The van der Waals surface area contributed by atoms with E-state index in [-0.39, 0.29) is 29.0 Å². The molecule has 10 heteroatoms. The fraction of sp³-hybridized carbons (Fsp3) is 0.429. The minimum absolute atomic E-state index is 0.0204. The molecule has 0 aliphatic carbocycles. The largest absolute Gasteiger partial charge is 0.459 e. The van der Waals surface area contributed by atoms with Gasteiger partial charge in [-0.1, -0.05) is 0 Å². The third-order valence-corrected chi connectivity index (χ3v) is 7.67. The van der Waals surface area contributed by atoms with Crippen LogP contribution >= 0.6 is 0 Å². The zero-order valence-electron chi connectivity index (χ0n) is 16.9. The van der Waals surface area contributed by atoms with Crippen LogP contribution in [-0.4, -0.2) is 73.6 Å². The average molecular weight is 450 g/mol. The van der Waals surface area contributed by atoms with Gasteiger partial charge >= 0.3 is 0 Å². The van der Waals surface area contributed by atoms with Crippen LogP contribution in [0.5, 0.6) is 0 Å². The van der Waals surface area contributed by atoms with Crippen molar-refractivity contribution in [2.24, 2.45) is 5.92 Å². The lowest BCUT2D eigenvalue weighted by molar-refractivity contribution is -0.138. The van der Waals surface area contributed by atoms with E-state index in [0.29, 0.717) is 45.6 Å². The minimum Gasteiger partial charge on any atom is -0.459 e. The maximum Gasteiger partial charge on any atom is 0.289 e.